The summed E-state index contributed by atoms with van der Waals surface area (Å²) in [6.07, 6.45) is 2.80. The summed E-state index contributed by atoms with van der Waals surface area (Å²) in [5.41, 5.74) is 3.67. The predicted molar refractivity (Wildman–Crippen MR) is 78.1 cm³/mol. The van der Waals surface area contributed by atoms with Crippen molar-refractivity contribution in [1.82, 2.24) is 4.90 Å². The maximum atomic E-state index is 12.3. The van der Waals surface area contributed by atoms with Crippen LogP contribution in [0.15, 0.2) is 18.2 Å². The number of aryl methyl sites for hydroxylation is 2. The number of halogens is 1. The molecule has 1 atom stereocenters. The van der Waals surface area contributed by atoms with Gasteiger partial charge in [0.2, 0.25) is 5.91 Å². The third kappa shape index (κ3) is 2.94. The van der Waals surface area contributed by atoms with Crippen molar-refractivity contribution >= 4 is 21.8 Å². The zero-order valence-corrected chi connectivity index (χ0v) is 12.7. The topological polar surface area (TPSA) is 20.3 Å². The summed E-state index contributed by atoms with van der Waals surface area (Å²) in [7, 11) is 0. The fourth-order valence-electron chi connectivity index (χ4n) is 2.51. The van der Waals surface area contributed by atoms with Crippen molar-refractivity contribution in [2.75, 3.05) is 11.9 Å². The van der Waals surface area contributed by atoms with Gasteiger partial charge < -0.3 is 4.90 Å². The number of hydrogen-bond acceptors (Lipinski definition) is 1. The van der Waals surface area contributed by atoms with Crippen LogP contribution in [0.25, 0.3) is 0 Å². The van der Waals surface area contributed by atoms with Crippen LogP contribution in [0.5, 0.6) is 0 Å². The van der Waals surface area contributed by atoms with Gasteiger partial charge in [-0.1, -0.05) is 34.1 Å². The number of rotatable bonds is 3. The average Bonchev–Trinajstić information content (AvgIpc) is 2.82. The number of amides is 1. The first kappa shape index (κ1) is 13.6. The molecule has 1 heterocycles. The molecule has 2 nitrogen and oxygen atoms in total. The van der Waals surface area contributed by atoms with E-state index in [2.05, 4.69) is 48.0 Å². The van der Waals surface area contributed by atoms with E-state index in [1.807, 2.05) is 4.90 Å². The van der Waals surface area contributed by atoms with Crippen LogP contribution in [0.1, 0.15) is 29.5 Å². The number of carbonyl (C=O) groups is 1. The highest BCUT2D eigenvalue weighted by atomic mass is 79.9. The van der Waals surface area contributed by atoms with Crippen molar-refractivity contribution in [1.29, 1.82) is 0 Å². The summed E-state index contributed by atoms with van der Waals surface area (Å²) >= 11 is 3.50. The van der Waals surface area contributed by atoms with E-state index in [-0.39, 0.29) is 5.91 Å². The zero-order chi connectivity index (χ0) is 13.1. The molecule has 1 aliphatic rings. The van der Waals surface area contributed by atoms with Crippen molar-refractivity contribution in [3.63, 3.8) is 0 Å². The van der Waals surface area contributed by atoms with Crippen molar-refractivity contribution < 1.29 is 4.79 Å². The normalized spacial score (nSPS) is 19.3. The Morgan fingerprint density at radius 1 is 1.39 bits per heavy atom. The molecule has 0 saturated carbocycles. The third-order valence-electron chi connectivity index (χ3n) is 3.80. The van der Waals surface area contributed by atoms with Crippen LogP contribution in [-0.4, -0.2) is 28.7 Å². The lowest BCUT2D eigenvalue weighted by atomic mass is 10.0. The monoisotopic (exact) mass is 309 g/mol. The molecule has 1 aromatic carbocycles. The first-order valence-corrected chi connectivity index (χ1v) is 7.65. The quantitative estimate of drug-likeness (QED) is 0.785. The highest BCUT2D eigenvalue weighted by Crippen LogP contribution is 2.20. The average molecular weight is 310 g/mol. The smallest absolute Gasteiger partial charge is 0.227 e. The Hall–Kier alpha value is -0.830. The van der Waals surface area contributed by atoms with Gasteiger partial charge in [-0.2, -0.15) is 0 Å². The van der Waals surface area contributed by atoms with Crippen molar-refractivity contribution in [3.05, 3.63) is 34.9 Å². The minimum atomic E-state index is 0.264. The first-order chi connectivity index (χ1) is 8.61. The third-order valence-corrected chi connectivity index (χ3v) is 4.55. The molecule has 2 rings (SSSR count). The molecule has 1 saturated heterocycles. The molecule has 0 N–H and O–H groups in total. The summed E-state index contributed by atoms with van der Waals surface area (Å²) in [4.78, 5) is 14.3. The Balaban J connectivity index is 2.04. The van der Waals surface area contributed by atoms with Crippen LogP contribution in [0.3, 0.4) is 0 Å². The van der Waals surface area contributed by atoms with Gasteiger partial charge in [0.05, 0.1) is 6.42 Å². The molecule has 1 fully saturated rings. The number of nitrogens with zero attached hydrogens (tertiary/aromatic N) is 1. The van der Waals surface area contributed by atoms with Gasteiger partial charge >= 0.3 is 0 Å². The molecule has 18 heavy (non-hydrogen) atoms. The van der Waals surface area contributed by atoms with Gasteiger partial charge in [-0.15, -0.1) is 0 Å². The predicted octanol–water partition coefficient (Wildman–Crippen LogP) is 3.23. The second-order valence-corrected chi connectivity index (χ2v) is 5.78. The molecule has 0 aliphatic carbocycles. The Morgan fingerprint density at radius 3 is 2.83 bits per heavy atom. The Kier molecular flexibility index (Phi) is 4.44. The minimum Gasteiger partial charge on any atom is -0.339 e. The molecule has 1 unspecified atom stereocenters. The van der Waals surface area contributed by atoms with Gasteiger partial charge in [0.15, 0.2) is 0 Å². The van der Waals surface area contributed by atoms with Crippen LogP contribution < -0.4 is 0 Å². The molecule has 0 aromatic heterocycles. The maximum Gasteiger partial charge on any atom is 0.227 e. The van der Waals surface area contributed by atoms with Crippen LogP contribution >= 0.6 is 15.9 Å². The van der Waals surface area contributed by atoms with E-state index in [0.29, 0.717) is 12.5 Å². The molecule has 1 amide bonds. The molecule has 3 heteroatoms. The van der Waals surface area contributed by atoms with E-state index in [4.69, 9.17) is 0 Å². The van der Waals surface area contributed by atoms with E-state index in [0.717, 1.165) is 30.3 Å². The Morgan fingerprint density at radius 2 is 2.17 bits per heavy atom. The lowest BCUT2D eigenvalue weighted by Gasteiger charge is -2.23. The maximum absolute atomic E-state index is 12.3. The van der Waals surface area contributed by atoms with Gasteiger partial charge in [0.1, 0.15) is 0 Å². The van der Waals surface area contributed by atoms with Crippen molar-refractivity contribution in [3.8, 4) is 0 Å². The number of carbonyl (C=O) groups excluding carboxylic acids is 1. The van der Waals surface area contributed by atoms with E-state index >= 15 is 0 Å². The van der Waals surface area contributed by atoms with Crippen molar-refractivity contribution in [2.24, 2.45) is 0 Å². The van der Waals surface area contributed by atoms with Gasteiger partial charge in [0, 0.05) is 17.9 Å². The summed E-state index contributed by atoms with van der Waals surface area (Å²) < 4.78 is 0. The van der Waals surface area contributed by atoms with E-state index in [1.165, 1.54) is 11.1 Å². The lowest BCUT2D eigenvalue weighted by Crippen LogP contribution is -2.37. The fraction of sp³-hybridized carbons (Fsp3) is 0.533. The number of benzene rings is 1. The Labute approximate surface area is 117 Å². The standard InChI is InChI=1S/C15H20BrNO/c1-11-5-6-13(8-12(11)2)9-15(18)17-7-3-4-14(17)10-16/h5-6,8,14H,3-4,7,9-10H2,1-2H3. The highest BCUT2D eigenvalue weighted by molar-refractivity contribution is 9.09. The molecular weight excluding hydrogens is 290 g/mol. The second kappa shape index (κ2) is 5.87. The second-order valence-electron chi connectivity index (χ2n) is 5.13. The summed E-state index contributed by atoms with van der Waals surface area (Å²) in [6.45, 7) is 5.11. The van der Waals surface area contributed by atoms with Gasteiger partial charge in [-0.25, -0.2) is 0 Å². The van der Waals surface area contributed by atoms with Crippen molar-refractivity contribution in [2.45, 2.75) is 39.2 Å². The highest BCUT2D eigenvalue weighted by Gasteiger charge is 2.27. The summed E-state index contributed by atoms with van der Waals surface area (Å²) in [6, 6.07) is 6.69. The fourth-order valence-corrected chi connectivity index (χ4v) is 3.19. The molecule has 0 radical (unpaired) electrons. The SMILES string of the molecule is Cc1ccc(CC(=O)N2CCCC2CBr)cc1C. The zero-order valence-electron chi connectivity index (χ0n) is 11.1. The number of likely N-dealkylation sites (tertiary alicyclic amines) is 1. The number of hydrogen-bond donors (Lipinski definition) is 0. The van der Waals surface area contributed by atoms with Crippen LogP contribution in [0.2, 0.25) is 0 Å². The first-order valence-electron chi connectivity index (χ1n) is 6.53. The van der Waals surface area contributed by atoms with E-state index in [9.17, 15) is 4.79 Å². The molecule has 1 aromatic rings. The summed E-state index contributed by atoms with van der Waals surface area (Å²) in [5.74, 6) is 0.264. The minimum absolute atomic E-state index is 0.264. The summed E-state index contributed by atoms with van der Waals surface area (Å²) in [5, 5.41) is 0.895. The largest absolute Gasteiger partial charge is 0.339 e. The molecule has 98 valence electrons. The Bertz CT molecular complexity index is 444. The van der Waals surface area contributed by atoms with Gasteiger partial charge in [-0.05, 0) is 43.4 Å². The molecule has 1 aliphatic heterocycles. The molecule has 0 spiro atoms. The van der Waals surface area contributed by atoms with Crippen LogP contribution in [0, 0.1) is 13.8 Å². The molecular formula is C15H20BrNO. The molecule has 0 bridgehead atoms. The van der Waals surface area contributed by atoms with Crippen LogP contribution in [0.4, 0.5) is 0 Å². The van der Waals surface area contributed by atoms with E-state index in [1.54, 1.807) is 0 Å². The van der Waals surface area contributed by atoms with E-state index < -0.39 is 0 Å². The van der Waals surface area contributed by atoms with Crippen LogP contribution in [-0.2, 0) is 11.2 Å². The van der Waals surface area contributed by atoms with Gasteiger partial charge in [0.25, 0.3) is 0 Å². The number of alkyl halides is 1. The lowest BCUT2D eigenvalue weighted by molar-refractivity contribution is -0.130. The van der Waals surface area contributed by atoms with Gasteiger partial charge in [-0.3, -0.25) is 4.79 Å².